The highest BCUT2D eigenvalue weighted by atomic mass is 19.1. The summed E-state index contributed by atoms with van der Waals surface area (Å²) in [5.74, 6) is 0.598. The molecule has 1 aliphatic rings. The monoisotopic (exact) mass is 326 g/mol. The lowest BCUT2D eigenvalue weighted by molar-refractivity contribution is 0.120. The molecule has 1 saturated heterocycles. The van der Waals surface area contributed by atoms with Gasteiger partial charge in [0, 0.05) is 36.5 Å². The summed E-state index contributed by atoms with van der Waals surface area (Å²) in [5.41, 5.74) is 3.09. The summed E-state index contributed by atoms with van der Waals surface area (Å²) in [5, 5.41) is 8.00. The number of benzene rings is 1. The van der Waals surface area contributed by atoms with Crippen LogP contribution in [0.25, 0.3) is 16.9 Å². The molecule has 0 amide bonds. The number of nitrogens with one attached hydrogen (secondary N) is 1. The Hall–Kier alpha value is -2.47. The van der Waals surface area contributed by atoms with Gasteiger partial charge in [-0.25, -0.2) is 9.37 Å². The van der Waals surface area contributed by atoms with E-state index in [2.05, 4.69) is 15.4 Å². The van der Waals surface area contributed by atoms with Crippen LogP contribution >= 0.6 is 0 Å². The zero-order valence-electron chi connectivity index (χ0n) is 13.5. The molecular weight excluding hydrogens is 307 g/mol. The van der Waals surface area contributed by atoms with Crippen LogP contribution in [0.2, 0.25) is 0 Å². The molecule has 4 rings (SSSR count). The highest BCUT2D eigenvalue weighted by Crippen LogP contribution is 2.23. The zero-order chi connectivity index (χ0) is 16.5. The van der Waals surface area contributed by atoms with Crippen LogP contribution in [-0.4, -0.2) is 33.9 Å². The van der Waals surface area contributed by atoms with Gasteiger partial charge < -0.3 is 10.1 Å². The first-order valence-electron chi connectivity index (χ1n) is 8.18. The Morgan fingerprint density at radius 3 is 3.04 bits per heavy atom. The first-order valence-corrected chi connectivity index (χ1v) is 8.18. The van der Waals surface area contributed by atoms with Crippen molar-refractivity contribution >= 4 is 11.5 Å². The van der Waals surface area contributed by atoms with E-state index in [1.165, 1.54) is 12.1 Å². The highest BCUT2D eigenvalue weighted by Gasteiger charge is 2.16. The molecule has 3 heterocycles. The Morgan fingerprint density at radius 1 is 1.33 bits per heavy atom. The number of ether oxygens (including phenoxy) is 1. The van der Waals surface area contributed by atoms with Crippen LogP contribution in [0.3, 0.4) is 0 Å². The molecule has 24 heavy (non-hydrogen) atoms. The number of rotatable bonds is 4. The first-order chi connectivity index (χ1) is 11.7. The van der Waals surface area contributed by atoms with E-state index >= 15 is 0 Å². The van der Waals surface area contributed by atoms with Crippen molar-refractivity contribution in [2.24, 2.45) is 0 Å². The average Bonchev–Trinajstić information content (AvgIpc) is 3.21. The quantitative estimate of drug-likeness (QED) is 0.798. The maximum absolute atomic E-state index is 13.5. The number of anilines is 1. The Bertz CT molecular complexity index is 871. The fourth-order valence-electron chi connectivity index (χ4n) is 3.04. The zero-order valence-corrected chi connectivity index (χ0v) is 13.5. The summed E-state index contributed by atoms with van der Waals surface area (Å²) < 4.78 is 20.9. The van der Waals surface area contributed by atoms with E-state index in [0.717, 1.165) is 48.7 Å². The second-order valence-corrected chi connectivity index (χ2v) is 6.11. The summed E-state index contributed by atoms with van der Waals surface area (Å²) in [6.45, 7) is 3.53. The van der Waals surface area contributed by atoms with E-state index in [1.807, 2.05) is 25.1 Å². The van der Waals surface area contributed by atoms with Crippen molar-refractivity contribution in [3.05, 3.63) is 47.9 Å². The number of aromatic nitrogens is 3. The fourth-order valence-corrected chi connectivity index (χ4v) is 3.04. The van der Waals surface area contributed by atoms with Gasteiger partial charge in [0.2, 0.25) is 0 Å². The maximum atomic E-state index is 13.5. The standard InChI is InChI=1S/C18H19FN4O/c1-12-8-17(20-11-15-6-3-7-24-15)23-18(21-12)10-16(22-23)13-4-2-5-14(19)9-13/h2,4-5,8-10,15,20H,3,6-7,11H2,1H3/t15-/m1/s1. The SMILES string of the molecule is Cc1cc(NC[C@H]2CCCO2)n2nc(-c3cccc(F)c3)cc2n1. The lowest BCUT2D eigenvalue weighted by Gasteiger charge is -2.13. The van der Waals surface area contributed by atoms with Crippen molar-refractivity contribution in [1.29, 1.82) is 0 Å². The predicted octanol–water partition coefficient (Wildman–Crippen LogP) is 3.43. The number of nitrogens with zero attached hydrogens (tertiary/aromatic N) is 3. The van der Waals surface area contributed by atoms with Crippen LogP contribution in [0.5, 0.6) is 0 Å². The minimum atomic E-state index is -0.273. The molecule has 1 aliphatic heterocycles. The number of hydrogen-bond acceptors (Lipinski definition) is 4. The molecule has 2 aromatic heterocycles. The van der Waals surface area contributed by atoms with E-state index in [-0.39, 0.29) is 11.9 Å². The third kappa shape index (κ3) is 2.97. The van der Waals surface area contributed by atoms with Gasteiger partial charge in [0.05, 0.1) is 11.8 Å². The van der Waals surface area contributed by atoms with Crippen molar-refractivity contribution < 1.29 is 9.13 Å². The minimum Gasteiger partial charge on any atom is -0.376 e. The molecule has 0 radical (unpaired) electrons. The number of halogens is 1. The highest BCUT2D eigenvalue weighted by molar-refractivity contribution is 5.65. The van der Waals surface area contributed by atoms with Gasteiger partial charge in [0.25, 0.3) is 0 Å². The fraction of sp³-hybridized carbons (Fsp3) is 0.333. The summed E-state index contributed by atoms with van der Waals surface area (Å²) in [4.78, 5) is 4.52. The van der Waals surface area contributed by atoms with Crippen molar-refractivity contribution in [2.45, 2.75) is 25.9 Å². The van der Waals surface area contributed by atoms with Crippen molar-refractivity contribution in [2.75, 3.05) is 18.5 Å². The van der Waals surface area contributed by atoms with E-state index in [0.29, 0.717) is 5.69 Å². The second-order valence-electron chi connectivity index (χ2n) is 6.11. The van der Waals surface area contributed by atoms with E-state index < -0.39 is 0 Å². The summed E-state index contributed by atoms with van der Waals surface area (Å²) in [7, 11) is 0. The molecule has 1 N–H and O–H groups in total. The molecule has 0 spiro atoms. The van der Waals surface area contributed by atoms with Gasteiger partial charge in [0.1, 0.15) is 11.6 Å². The second kappa shape index (κ2) is 6.20. The Balaban J connectivity index is 1.68. The third-order valence-electron chi connectivity index (χ3n) is 4.21. The Labute approximate surface area is 139 Å². The van der Waals surface area contributed by atoms with E-state index in [1.54, 1.807) is 10.6 Å². The molecule has 5 nitrogen and oxygen atoms in total. The molecule has 0 saturated carbocycles. The third-order valence-corrected chi connectivity index (χ3v) is 4.21. The van der Waals surface area contributed by atoms with Crippen LogP contribution in [-0.2, 0) is 4.74 Å². The van der Waals surface area contributed by atoms with Gasteiger partial charge >= 0.3 is 0 Å². The Kier molecular flexibility index (Phi) is 3.90. The topological polar surface area (TPSA) is 51.5 Å². The minimum absolute atomic E-state index is 0.242. The smallest absolute Gasteiger partial charge is 0.158 e. The summed E-state index contributed by atoms with van der Waals surface area (Å²) in [6.07, 6.45) is 2.43. The molecule has 1 fully saturated rings. The molecule has 0 unspecified atom stereocenters. The molecule has 0 aliphatic carbocycles. The van der Waals surface area contributed by atoms with Crippen LogP contribution < -0.4 is 5.32 Å². The molecular formula is C18H19FN4O. The van der Waals surface area contributed by atoms with Crippen molar-refractivity contribution in [3.63, 3.8) is 0 Å². The van der Waals surface area contributed by atoms with Crippen molar-refractivity contribution in [3.8, 4) is 11.3 Å². The molecule has 1 atom stereocenters. The maximum Gasteiger partial charge on any atom is 0.158 e. The van der Waals surface area contributed by atoms with Crippen molar-refractivity contribution in [1.82, 2.24) is 14.6 Å². The van der Waals surface area contributed by atoms with Gasteiger partial charge in [-0.2, -0.15) is 9.61 Å². The lowest BCUT2D eigenvalue weighted by atomic mass is 10.1. The largest absolute Gasteiger partial charge is 0.376 e. The van der Waals surface area contributed by atoms with Crippen LogP contribution in [0.1, 0.15) is 18.5 Å². The van der Waals surface area contributed by atoms with Gasteiger partial charge in [-0.3, -0.25) is 0 Å². The normalized spacial score (nSPS) is 17.5. The number of hydrogen-bond donors (Lipinski definition) is 1. The van der Waals surface area contributed by atoms with Crippen LogP contribution in [0.4, 0.5) is 10.2 Å². The molecule has 124 valence electrons. The van der Waals surface area contributed by atoms with Gasteiger partial charge in [-0.05, 0) is 31.9 Å². The predicted molar refractivity (Wildman–Crippen MR) is 90.6 cm³/mol. The number of aryl methyl sites for hydroxylation is 1. The molecule has 0 bridgehead atoms. The van der Waals surface area contributed by atoms with E-state index in [9.17, 15) is 4.39 Å². The molecule has 1 aromatic carbocycles. The van der Waals surface area contributed by atoms with Crippen LogP contribution in [0.15, 0.2) is 36.4 Å². The van der Waals surface area contributed by atoms with Gasteiger partial charge in [-0.15, -0.1) is 0 Å². The van der Waals surface area contributed by atoms with Gasteiger partial charge in [0.15, 0.2) is 5.65 Å². The average molecular weight is 326 g/mol. The van der Waals surface area contributed by atoms with Crippen LogP contribution in [0, 0.1) is 12.7 Å². The Morgan fingerprint density at radius 2 is 2.25 bits per heavy atom. The number of fused-ring (bicyclic) bond motifs is 1. The lowest BCUT2D eigenvalue weighted by Crippen LogP contribution is -2.20. The van der Waals surface area contributed by atoms with E-state index in [4.69, 9.17) is 4.74 Å². The molecule has 6 heteroatoms. The molecule has 3 aromatic rings. The summed E-state index contributed by atoms with van der Waals surface area (Å²) in [6, 6.07) is 10.3. The summed E-state index contributed by atoms with van der Waals surface area (Å²) >= 11 is 0. The first kappa shape index (κ1) is 15.1. The van der Waals surface area contributed by atoms with Gasteiger partial charge in [-0.1, -0.05) is 12.1 Å².